The molecule has 1 rings (SSSR count). The lowest BCUT2D eigenvalue weighted by Gasteiger charge is -1.98. The normalized spacial score (nSPS) is 9.83. The van der Waals surface area contributed by atoms with Crippen LogP contribution in [0.4, 0.5) is 0 Å². The lowest BCUT2D eigenvalue weighted by atomic mass is 10.3. The minimum Gasteiger partial charge on any atom is -0.481 e. The standard InChI is InChI=1S/C7H5BrINO2/c8-6-2-4(9)1-5(10-6)3-7(11)12/h1-2H,3H2,(H,11,12). The van der Waals surface area contributed by atoms with Gasteiger partial charge in [0.25, 0.3) is 0 Å². The number of hydrogen-bond donors (Lipinski definition) is 1. The molecule has 1 aromatic rings. The third-order valence-corrected chi connectivity index (χ3v) is 2.17. The van der Waals surface area contributed by atoms with E-state index < -0.39 is 5.97 Å². The van der Waals surface area contributed by atoms with E-state index in [2.05, 4.69) is 43.5 Å². The van der Waals surface area contributed by atoms with Gasteiger partial charge in [-0.1, -0.05) is 0 Å². The number of halogens is 2. The van der Waals surface area contributed by atoms with Gasteiger partial charge in [-0.15, -0.1) is 0 Å². The van der Waals surface area contributed by atoms with Crippen LogP contribution in [0.5, 0.6) is 0 Å². The molecule has 0 saturated heterocycles. The Hall–Kier alpha value is -0.170. The zero-order chi connectivity index (χ0) is 9.14. The first-order valence-electron chi connectivity index (χ1n) is 3.11. The van der Waals surface area contributed by atoms with E-state index in [0.717, 1.165) is 3.57 Å². The largest absolute Gasteiger partial charge is 0.481 e. The third kappa shape index (κ3) is 3.06. The van der Waals surface area contributed by atoms with E-state index in [4.69, 9.17) is 5.11 Å². The van der Waals surface area contributed by atoms with Crippen molar-refractivity contribution in [2.45, 2.75) is 6.42 Å². The first-order valence-corrected chi connectivity index (χ1v) is 4.99. The Morgan fingerprint density at radius 2 is 2.33 bits per heavy atom. The first-order chi connectivity index (χ1) is 5.58. The number of rotatable bonds is 2. The van der Waals surface area contributed by atoms with Gasteiger partial charge in [0.05, 0.1) is 12.1 Å². The van der Waals surface area contributed by atoms with Crippen LogP contribution < -0.4 is 0 Å². The maximum Gasteiger partial charge on any atom is 0.309 e. The molecule has 0 saturated carbocycles. The van der Waals surface area contributed by atoms with Crippen LogP contribution in [0.25, 0.3) is 0 Å². The molecule has 0 aromatic carbocycles. The molecule has 0 aliphatic carbocycles. The number of aromatic nitrogens is 1. The molecule has 12 heavy (non-hydrogen) atoms. The maximum absolute atomic E-state index is 10.3. The highest BCUT2D eigenvalue weighted by Gasteiger charge is 2.03. The highest BCUT2D eigenvalue weighted by Crippen LogP contribution is 2.13. The maximum atomic E-state index is 10.3. The lowest BCUT2D eigenvalue weighted by molar-refractivity contribution is -0.136. The number of carboxylic acids is 1. The van der Waals surface area contributed by atoms with Crippen molar-refractivity contribution in [2.24, 2.45) is 0 Å². The lowest BCUT2D eigenvalue weighted by Crippen LogP contribution is -2.02. The minimum atomic E-state index is -0.864. The van der Waals surface area contributed by atoms with Crippen molar-refractivity contribution in [1.82, 2.24) is 4.98 Å². The molecule has 0 aliphatic rings. The number of nitrogens with zero attached hydrogens (tertiary/aromatic N) is 1. The minimum absolute atomic E-state index is 0.0323. The molecule has 0 unspecified atom stereocenters. The van der Waals surface area contributed by atoms with Gasteiger partial charge in [0.2, 0.25) is 0 Å². The summed E-state index contributed by atoms with van der Waals surface area (Å²) in [5, 5.41) is 8.49. The number of carboxylic acid groups (broad SMARTS) is 1. The van der Waals surface area contributed by atoms with Crippen LogP contribution in [-0.4, -0.2) is 16.1 Å². The third-order valence-electron chi connectivity index (χ3n) is 1.14. The van der Waals surface area contributed by atoms with Gasteiger partial charge in [-0.3, -0.25) is 4.79 Å². The van der Waals surface area contributed by atoms with Gasteiger partial charge < -0.3 is 5.11 Å². The van der Waals surface area contributed by atoms with E-state index >= 15 is 0 Å². The van der Waals surface area contributed by atoms with E-state index in [-0.39, 0.29) is 6.42 Å². The summed E-state index contributed by atoms with van der Waals surface area (Å²) in [6.07, 6.45) is -0.0323. The van der Waals surface area contributed by atoms with Crippen molar-refractivity contribution in [3.63, 3.8) is 0 Å². The van der Waals surface area contributed by atoms with Gasteiger partial charge in [0.1, 0.15) is 4.60 Å². The Balaban J connectivity index is 2.93. The Morgan fingerprint density at radius 3 is 2.83 bits per heavy atom. The quantitative estimate of drug-likeness (QED) is 0.662. The summed E-state index contributed by atoms with van der Waals surface area (Å²) in [6.45, 7) is 0. The first kappa shape index (κ1) is 9.91. The molecule has 64 valence electrons. The van der Waals surface area contributed by atoms with E-state index in [9.17, 15) is 4.79 Å². The molecule has 0 spiro atoms. The van der Waals surface area contributed by atoms with Gasteiger partial charge in [0.15, 0.2) is 0 Å². The zero-order valence-corrected chi connectivity index (χ0v) is 9.66. The smallest absolute Gasteiger partial charge is 0.309 e. The van der Waals surface area contributed by atoms with Gasteiger partial charge >= 0.3 is 5.97 Å². The SMILES string of the molecule is O=C(O)Cc1cc(I)cc(Br)n1. The Bertz CT molecular complexity index is 296. The van der Waals surface area contributed by atoms with Gasteiger partial charge in [-0.05, 0) is 50.7 Å². The molecule has 0 amide bonds. The highest BCUT2D eigenvalue weighted by molar-refractivity contribution is 14.1. The van der Waals surface area contributed by atoms with E-state index in [1.165, 1.54) is 0 Å². The van der Waals surface area contributed by atoms with Gasteiger partial charge in [-0.2, -0.15) is 0 Å². The summed E-state index contributed by atoms with van der Waals surface area (Å²) in [4.78, 5) is 14.3. The van der Waals surface area contributed by atoms with Crippen LogP contribution in [0.3, 0.4) is 0 Å². The Labute approximate surface area is 91.5 Å². The highest BCUT2D eigenvalue weighted by atomic mass is 127. The average molecular weight is 342 g/mol. The van der Waals surface area contributed by atoms with Crippen LogP contribution in [0.1, 0.15) is 5.69 Å². The molecular formula is C7H5BrINO2. The molecule has 3 nitrogen and oxygen atoms in total. The second kappa shape index (κ2) is 4.18. The van der Waals surface area contributed by atoms with E-state index in [1.807, 2.05) is 6.07 Å². The van der Waals surface area contributed by atoms with Crippen LogP contribution in [-0.2, 0) is 11.2 Å². The topological polar surface area (TPSA) is 50.2 Å². The van der Waals surface area contributed by atoms with Crippen molar-refractivity contribution in [3.05, 3.63) is 26.0 Å². The molecule has 0 radical (unpaired) electrons. The molecule has 0 bridgehead atoms. The van der Waals surface area contributed by atoms with Gasteiger partial charge in [0, 0.05) is 3.57 Å². The number of hydrogen-bond acceptors (Lipinski definition) is 2. The molecular weight excluding hydrogens is 337 g/mol. The summed E-state index contributed by atoms with van der Waals surface area (Å²) < 4.78 is 1.65. The fraction of sp³-hybridized carbons (Fsp3) is 0.143. The van der Waals surface area contributed by atoms with Crippen molar-refractivity contribution >= 4 is 44.5 Å². The summed E-state index contributed by atoms with van der Waals surface area (Å²) in [6, 6.07) is 3.57. The number of aliphatic carboxylic acids is 1. The van der Waals surface area contributed by atoms with Crippen molar-refractivity contribution < 1.29 is 9.90 Å². The Morgan fingerprint density at radius 1 is 1.67 bits per heavy atom. The van der Waals surface area contributed by atoms with E-state index in [0.29, 0.717) is 10.3 Å². The second-order valence-corrected chi connectivity index (χ2v) is 4.23. The zero-order valence-electron chi connectivity index (χ0n) is 5.92. The monoisotopic (exact) mass is 341 g/mol. The number of pyridine rings is 1. The molecule has 0 atom stereocenters. The van der Waals surface area contributed by atoms with E-state index in [1.54, 1.807) is 6.07 Å². The molecule has 0 fully saturated rings. The molecule has 1 heterocycles. The molecule has 5 heteroatoms. The summed E-state index contributed by atoms with van der Waals surface area (Å²) in [5.41, 5.74) is 0.571. The fourth-order valence-electron chi connectivity index (χ4n) is 0.762. The van der Waals surface area contributed by atoms with Crippen molar-refractivity contribution in [1.29, 1.82) is 0 Å². The van der Waals surface area contributed by atoms with Gasteiger partial charge in [-0.25, -0.2) is 4.98 Å². The number of carbonyl (C=O) groups is 1. The summed E-state index contributed by atoms with van der Waals surface area (Å²) in [7, 11) is 0. The molecule has 0 aliphatic heterocycles. The summed E-state index contributed by atoms with van der Waals surface area (Å²) in [5.74, 6) is -0.864. The second-order valence-electron chi connectivity index (χ2n) is 2.17. The van der Waals surface area contributed by atoms with Crippen LogP contribution in [0.15, 0.2) is 16.7 Å². The van der Waals surface area contributed by atoms with Crippen LogP contribution >= 0.6 is 38.5 Å². The van der Waals surface area contributed by atoms with Crippen LogP contribution in [0, 0.1) is 3.57 Å². The average Bonchev–Trinajstić information content (AvgIpc) is 1.81. The predicted molar refractivity (Wildman–Crippen MR) is 56.0 cm³/mol. The molecule has 1 N–H and O–H groups in total. The van der Waals surface area contributed by atoms with Crippen LogP contribution in [0.2, 0.25) is 0 Å². The van der Waals surface area contributed by atoms with Crippen molar-refractivity contribution in [2.75, 3.05) is 0 Å². The molecule has 1 aromatic heterocycles. The Kier molecular flexibility index (Phi) is 3.45. The fourth-order valence-corrected chi connectivity index (χ4v) is 2.32. The van der Waals surface area contributed by atoms with Crippen molar-refractivity contribution in [3.8, 4) is 0 Å². The summed E-state index contributed by atoms with van der Waals surface area (Å²) >= 11 is 5.31. The predicted octanol–water partition coefficient (Wildman–Crippen LogP) is 2.08.